The smallest absolute Gasteiger partial charge is 0.364 e. The second kappa shape index (κ2) is 12.6. The summed E-state index contributed by atoms with van der Waals surface area (Å²) in [6.07, 6.45) is -11.4. The van der Waals surface area contributed by atoms with E-state index < -0.39 is 91.4 Å². The van der Waals surface area contributed by atoms with Gasteiger partial charge in [0.05, 0.1) is 31.5 Å². The van der Waals surface area contributed by atoms with Gasteiger partial charge in [-0.05, 0) is 18.9 Å². The van der Waals surface area contributed by atoms with Crippen molar-refractivity contribution in [2.45, 2.75) is 87.0 Å². The maximum absolute atomic E-state index is 12.2. The average Bonchev–Trinajstić information content (AvgIpc) is 3.15. The number of aliphatic hydroxyl groups is 6. The normalized spacial score (nSPS) is 34.4. The van der Waals surface area contributed by atoms with Gasteiger partial charge in [0.15, 0.2) is 6.23 Å². The maximum Gasteiger partial charge on any atom is 0.364 e. The van der Waals surface area contributed by atoms with Crippen LogP contribution in [-0.2, 0) is 23.8 Å². The molecule has 3 rings (SSSR count). The number of rotatable bonds is 11. The Morgan fingerprint density at radius 2 is 2.00 bits per heavy atom. The summed E-state index contributed by atoms with van der Waals surface area (Å²) in [5.74, 6) is -4.84. The highest BCUT2D eigenvalue weighted by atomic mass is 16.7. The number of nitrogen functional groups attached to an aromatic ring is 1. The van der Waals surface area contributed by atoms with Crippen molar-refractivity contribution in [3.05, 3.63) is 22.7 Å². The molecule has 1 aromatic rings. The predicted molar refractivity (Wildman–Crippen MR) is 127 cm³/mol. The first-order valence-corrected chi connectivity index (χ1v) is 12.1. The van der Waals surface area contributed by atoms with Gasteiger partial charge in [0.25, 0.3) is 5.79 Å². The number of hydrogen-bond acceptors (Lipinski definition) is 14. The molecule has 0 bridgehead atoms. The molecule has 0 aromatic carbocycles. The summed E-state index contributed by atoms with van der Waals surface area (Å²) in [7, 11) is 0. The van der Waals surface area contributed by atoms with Crippen molar-refractivity contribution >= 4 is 17.7 Å². The lowest BCUT2D eigenvalue weighted by Crippen LogP contribution is -2.67. The molecule has 10 atom stereocenters. The van der Waals surface area contributed by atoms with Gasteiger partial charge in [-0.2, -0.15) is 4.98 Å². The number of ether oxygens (including phenoxy) is 3. The second-order valence-corrected chi connectivity index (χ2v) is 9.46. The molecule has 2 saturated heterocycles. The van der Waals surface area contributed by atoms with Crippen LogP contribution in [0.1, 0.15) is 32.4 Å². The molecule has 10 N–H and O–H groups in total. The van der Waals surface area contributed by atoms with Crippen molar-refractivity contribution in [1.82, 2.24) is 14.9 Å². The molecule has 39 heavy (non-hydrogen) atoms. The molecule has 0 spiro atoms. The average molecular weight is 563 g/mol. The number of nitrogens with zero attached hydrogens (tertiary/aromatic N) is 2. The van der Waals surface area contributed by atoms with Gasteiger partial charge in [0.1, 0.15) is 36.3 Å². The summed E-state index contributed by atoms with van der Waals surface area (Å²) in [6.45, 7) is -0.124. The molecule has 2 aliphatic rings. The third-order valence-electron chi connectivity index (χ3n) is 6.62. The van der Waals surface area contributed by atoms with Gasteiger partial charge in [0, 0.05) is 19.5 Å². The summed E-state index contributed by atoms with van der Waals surface area (Å²) < 4.78 is 17.6. The molecule has 1 amide bonds. The molecular weight excluding hydrogens is 528 g/mol. The van der Waals surface area contributed by atoms with Gasteiger partial charge < -0.3 is 61.0 Å². The first-order chi connectivity index (χ1) is 18.3. The third-order valence-corrected chi connectivity index (χ3v) is 6.62. The van der Waals surface area contributed by atoms with E-state index in [1.807, 2.05) is 0 Å². The molecule has 17 nitrogen and oxygen atoms in total. The highest BCUT2D eigenvalue weighted by Crippen LogP contribution is 2.35. The molecule has 17 heteroatoms. The number of carboxylic acids is 1. The Labute approximate surface area is 221 Å². The van der Waals surface area contributed by atoms with Crippen LogP contribution in [0.15, 0.2) is 17.1 Å². The molecule has 220 valence electrons. The summed E-state index contributed by atoms with van der Waals surface area (Å²) in [5, 5.41) is 73.1. The molecule has 0 radical (unpaired) electrons. The predicted octanol–water partition coefficient (Wildman–Crippen LogP) is -4.61. The van der Waals surface area contributed by atoms with Crippen LogP contribution in [0.3, 0.4) is 0 Å². The second-order valence-electron chi connectivity index (χ2n) is 9.46. The zero-order valence-corrected chi connectivity index (χ0v) is 20.9. The van der Waals surface area contributed by atoms with Crippen molar-refractivity contribution in [2.75, 3.05) is 18.9 Å². The summed E-state index contributed by atoms with van der Waals surface area (Å²) in [4.78, 5) is 39.4. The van der Waals surface area contributed by atoms with E-state index in [0.717, 1.165) is 11.5 Å². The molecular formula is C22H34N4O13. The number of aliphatic hydroxyl groups excluding tert-OH is 6. The number of aliphatic carboxylic acids is 1. The van der Waals surface area contributed by atoms with Crippen LogP contribution < -0.4 is 16.7 Å². The van der Waals surface area contributed by atoms with E-state index in [1.165, 1.54) is 12.3 Å². The molecule has 2 fully saturated rings. The molecule has 3 heterocycles. The van der Waals surface area contributed by atoms with Gasteiger partial charge in [-0.1, -0.05) is 0 Å². The number of nitrogens with two attached hydrogens (primary N) is 1. The monoisotopic (exact) mass is 562 g/mol. The first-order valence-electron chi connectivity index (χ1n) is 12.1. The fraction of sp³-hybridized carbons (Fsp3) is 0.727. The van der Waals surface area contributed by atoms with Crippen molar-refractivity contribution in [3.8, 4) is 0 Å². The zero-order valence-electron chi connectivity index (χ0n) is 20.9. The van der Waals surface area contributed by atoms with Crippen LogP contribution in [0.5, 0.6) is 0 Å². The fourth-order valence-corrected chi connectivity index (χ4v) is 4.62. The number of amides is 1. The minimum Gasteiger partial charge on any atom is -0.477 e. The quantitative estimate of drug-likeness (QED) is 0.115. The van der Waals surface area contributed by atoms with Crippen LogP contribution in [0, 0.1) is 0 Å². The van der Waals surface area contributed by atoms with Crippen LogP contribution in [0.25, 0.3) is 0 Å². The largest absolute Gasteiger partial charge is 0.477 e. The Hall–Kier alpha value is -2.74. The molecule has 2 unspecified atom stereocenters. The summed E-state index contributed by atoms with van der Waals surface area (Å²) in [6, 6.07) is -0.0173. The van der Waals surface area contributed by atoms with Gasteiger partial charge in [0.2, 0.25) is 5.91 Å². The lowest BCUT2D eigenvalue weighted by atomic mass is 9.88. The SMILES string of the molecule is CC(=O)N[C@H]1C([C@H](O)[C@H](O)CO)O[C@](OCCC[C@H]2O[C@@H](n3ccc(N)nc3=O)C(O)[C@H]2O)(C(=O)O)C[C@H]1O. The number of nitrogens with one attached hydrogen (secondary N) is 1. The lowest BCUT2D eigenvalue weighted by Gasteiger charge is -2.46. The van der Waals surface area contributed by atoms with Gasteiger partial charge in [-0.25, -0.2) is 9.59 Å². The number of hydrogen-bond donors (Lipinski definition) is 9. The van der Waals surface area contributed by atoms with Crippen molar-refractivity contribution in [3.63, 3.8) is 0 Å². The number of carbonyl (C=O) groups is 2. The van der Waals surface area contributed by atoms with E-state index in [1.54, 1.807) is 0 Å². The van der Waals surface area contributed by atoms with Gasteiger partial charge in [-0.3, -0.25) is 9.36 Å². The van der Waals surface area contributed by atoms with Crippen molar-refractivity contribution in [2.24, 2.45) is 0 Å². The van der Waals surface area contributed by atoms with Crippen LogP contribution >= 0.6 is 0 Å². The Bertz CT molecular complexity index is 1070. The third kappa shape index (κ3) is 6.71. The van der Waals surface area contributed by atoms with Crippen LogP contribution in [0.4, 0.5) is 5.82 Å². The molecule has 1 aromatic heterocycles. The number of carboxylic acid groups (broad SMARTS) is 1. The lowest BCUT2D eigenvalue weighted by molar-refractivity contribution is -0.311. The van der Waals surface area contributed by atoms with Gasteiger partial charge in [-0.15, -0.1) is 0 Å². The highest BCUT2D eigenvalue weighted by molar-refractivity contribution is 5.76. The Kier molecular flexibility index (Phi) is 9.97. The van der Waals surface area contributed by atoms with E-state index >= 15 is 0 Å². The minimum absolute atomic E-state index is 0.0356. The van der Waals surface area contributed by atoms with Gasteiger partial charge >= 0.3 is 11.7 Å². The number of aromatic nitrogens is 2. The van der Waals surface area contributed by atoms with Crippen LogP contribution in [0.2, 0.25) is 0 Å². The number of carbonyl (C=O) groups excluding carboxylic acids is 1. The Balaban J connectivity index is 1.67. The zero-order chi connectivity index (χ0) is 29.1. The Morgan fingerprint density at radius 3 is 2.59 bits per heavy atom. The van der Waals surface area contributed by atoms with E-state index in [4.69, 9.17) is 19.9 Å². The summed E-state index contributed by atoms with van der Waals surface area (Å²) in [5.41, 5.74) is 4.66. The first kappa shape index (κ1) is 30.8. The van der Waals surface area contributed by atoms with Crippen molar-refractivity contribution in [1.29, 1.82) is 0 Å². The minimum atomic E-state index is -2.50. The topological polar surface area (TPSA) is 276 Å². The number of anilines is 1. The van der Waals surface area contributed by atoms with E-state index in [0.29, 0.717) is 0 Å². The maximum atomic E-state index is 12.2. The standard InChI is InChI=1S/C22H34N4O13/c1-9(28)24-14-10(29)7-22(20(34)35,39-18(14)15(31)11(30)8-27)37-6-2-3-12-16(32)17(33)19(38-12)26-5-4-13(23)25-21(26)36/h4-5,10-12,14-19,27,29-33H,2-3,6-8H2,1H3,(H,24,28)(H,34,35)(H2,23,25,36)/t10-,11-,12-,14-,15-,16+,17?,18?,19-,22+/m1/s1. The highest BCUT2D eigenvalue weighted by Gasteiger charge is 2.55. The Morgan fingerprint density at radius 1 is 1.31 bits per heavy atom. The molecule has 2 aliphatic heterocycles. The molecule has 0 saturated carbocycles. The van der Waals surface area contributed by atoms with Crippen molar-refractivity contribution < 1.29 is 59.5 Å². The van der Waals surface area contributed by atoms with E-state index in [-0.39, 0.29) is 25.3 Å². The van der Waals surface area contributed by atoms with E-state index in [9.17, 15) is 50.1 Å². The van der Waals surface area contributed by atoms with Crippen LogP contribution in [-0.4, -0.2) is 125 Å². The van der Waals surface area contributed by atoms with E-state index in [2.05, 4.69) is 10.3 Å². The fourth-order valence-electron chi connectivity index (χ4n) is 4.62. The molecule has 0 aliphatic carbocycles. The summed E-state index contributed by atoms with van der Waals surface area (Å²) >= 11 is 0.